The maximum absolute atomic E-state index is 5.73. The van der Waals surface area contributed by atoms with Gasteiger partial charge in [0.15, 0.2) is 0 Å². The first-order valence-electron chi connectivity index (χ1n) is 4.94. The minimum Gasteiger partial charge on any atom is -0.486 e. The molecule has 1 heterocycles. The van der Waals surface area contributed by atoms with E-state index in [0.717, 1.165) is 12.2 Å². The molecule has 0 amide bonds. The van der Waals surface area contributed by atoms with E-state index >= 15 is 0 Å². The minimum absolute atomic E-state index is 0.212. The van der Waals surface area contributed by atoms with Gasteiger partial charge in [-0.1, -0.05) is 36.4 Å². The Labute approximate surface area is 84.7 Å². The van der Waals surface area contributed by atoms with E-state index in [1.807, 2.05) is 37.3 Å². The summed E-state index contributed by atoms with van der Waals surface area (Å²) in [4.78, 5) is 0. The van der Waals surface area contributed by atoms with Crippen LogP contribution in [0.1, 0.15) is 12.5 Å². The predicted octanol–water partition coefficient (Wildman–Crippen LogP) is 3.12. The second-order valence-electron chi connectivity index (χ2n) is 3.38. The third-order valence-corrected chi connectivity index (χ3v) is 2.30. The molecule has 1 unspecified atom stereocenters. The van der Waals surface area contributed by atoms with Crippen LogP contribution in [0.15, 0.2) is 48.6 Å². The summed E-state index contributed by atoms with van der Waals surface area (Å²) in [6.45, 7) is 2.01. The number of benzene rings is 1. The van der Waals surface area contributed by atoms with Gasteiger partial charge in [-0.15, -0.1) is 0 Å². The van der Waals surface area contributed by atoms with Gasteiger partial charge in [0, 0.05) is 6.42 Å². The number of para-hydroxylation sites is 1. The summed E-state index contributed by atoms with van der Waals surface area (Å²) < 4.78 is 5.73. The molecule has 0 saturated heterocycles. The zero-order valence-electron chi connectivity index (χ0n) is 8.31. The highest BCUT2D eigenvalue weighted by Gasteiger charge is 2.18. The molecular weight excluding hydrogens is 172 g/mol. The van der Waals surface area contributed by atoms with Crippen LogP contribution >= 0.6 is 0 Å². The summed E-state index contributed by atoms with van der Waals surface area (Å²) in [5, 5.41) is 0. The molecule has 0 fully saturated rings. The normalized spacial score (nSPS) is 20.2. The molecule has 0 aliphatic carbocycles. The first-order chi connectivity index (χ1) is 6.90. The summed E-state index contributed by atoms with van der Waals surface area (Å²) in [6.07, 6.45) is 9.37. The van der Waals surface area contributed by atoms with Crippen molar-refractivity contribution in [2.45, 2.75) is 19.4 Å². The van der Waals surface area contributed by atoms with E-state index in [0.29, 0.717) is 0 Å². The largest absolute Gasteiger partial charge is 0.486 e. The summed E-state index contributed by atoms with van der Waals surface area (Å²) in [5.74, 6) is 1.03. The van der Waals surface area contributed by atoms with Crippen LogP contribution in [-0.4, -0.2) is 6.10 Å². The lowest BCUT2D eigenvalue weighted by Gasteiger charge is -2.03. The van der Waals surface area contributed by atoms with Crippen LogP contribution in [-0.2, 0) is 6.42 Å². The summed E-state index contributed by atoms with van der Waals surface area (Å²) in [5.41, 5.74) is 1.31. The van der Waals surface area contributed by atoms with E-state index in [-0.39, 0.29) is 6.10 Å². The molecule has 1 aliphatic heterocycles. The molecule has 0 N–H and O–H groups in total. The van der Waals surface area contributed by atoms with Crippen LogP contribution in [0.4, 0.5) is 0 Å². The van der Waals surface area contributed by atoms with E-state index in [1.165, 1.54) is 5.56 Å². The summed E-state index contributed by atoms with van der Waals surface area (Å²) in [7, 11) is 0. The van der Waals surface area contributed by atoms with Gasteiger partial charge in [0.05, 0.1) is 0 Å². The molecule has 1 aliphatic rings. The van der Waals surface area contributed by atoms with Crippen LogP contribution in [0.2, 0.25) is 0 Å². The molecular formula is C13H14O. The molecule has 1 aromatic carbocycles. The Kier molecular flexibility index (Phi) is 2.68. The Hall–Kier alpha value is -1.50. The van der Waals surface area contributed by atoms with Crippen molar-refractivity contribution < 1.29 is 4.74 Å². The summed E-state index contributed by atoms with van der Waals surface area (Å²) in [6, 6.07) is 8.22. The molecule has 1 heteroatoms. The molecule has 14 heavy (non-hydrogen) atoms. The lowest BCUT2D eigenvalue weighted by Crippen LogP contribution is -2.07. The van der Waals surface area contributed by atoms with Crippen molar-refractivity contribution >= 4 is 0 Å². The Balaban J connectivity index is 2.05. The Bertz CT molecular complexity index is 338. The predicted molar refractivity (Wildman–Crippen MR) is 58.5 cm³/mol. The van der Waals surface area contributed by atoms with E-state index in [9.17, 15) is 0 Å². The second-order valence-corrected chi connectivity index (χ2v) is 3.38. The van der Waals surface area contributed by atoms with E-state index < -0.39 is 0 Å². The average Bonchev–Trinajstić information content (AvgIpc) is 2.60. The van der Waals surface area contributed by atoms with Gasteiger partial charge in [0.2, 0.25) is 0 Å². The lowest BCUT2D eigenvalue weighted by atomic mass is 10.1. The van der Waals surface area contributed by atoms with Crippen molar-refractivity contribution in [3.05, 3.63) is 54.1 Å². The van der Waals surface area contributed by atoms with Gasteiger partial charge in [0.25, 0.3) is 0 Å². The number of allylic oxidation sites excluding steroid dienone is 3. The Morgan fingerprint density at radius 2 is 2.14 bits per heavy atom. The highest BCUT2D eigenvalue weighted by atomic mass is 16.5. The van der Waals surface area contributed by atoms with Crippen molar-refractivity contribution in [2.75, 3.05) is 0 Å². The molecule has 0 aromatic heterocycles. The molecule has 0 spiro atoms. The quantitative estimate of drug-likeness (QED) is 0.645. The molecule has 2 rings (SSSR count). The third kappa shape index (κ3) is 1.87. The molecule has 1 aromatic rings. The van der Waals surface area contributed by atoms with Gasteiger partial charge in [0.1, 0.15) is 11.9 Å². The highest BCUT2D eigenvalue weighted by Crippen LogP contribution is 2.28. The number of ether oxygens (including phenoxy) is 1. The number of hydrogen-bond acceptors (Lipinski definition) is 1. The van der Waals surface area contributed by atoms with Crippen molar-refractivity contribution in [3.63, 3.8) is 0 Å². The van der Waals surface area contributed by atoms with Gasteiger partial charge in [-0.2, -0.15) is 0 Å². The van der Waals surface area contributed by atoms with Crippen molar-refractivity contribution in [1.82, 2.24) is 0 Å². The van der Waals surface area contributed by atoms with Crippen LogP contribution in [0.25, 0.3) is 0 Å². The number of hydrogen-bond donors (Lipinski definition) is 0. The van der Waals surface area contributed by atoms with Gasteiger partial charge >= 0.3 is 0 Å². The van der Waals surface area contributed by atoms with Crippen LogP contribution < -0.4 is 4.74 Å². The monoisotopic (exact) mass is 186 g/mol. The fourth-order valence-corrected chi connectivity index (χ4v) is 1.62. The molecule has 1 atom stereocenters. The fourth-order valence-electron chi connectivity index (χ4n) is 1.62. The minimum atomic E-state index is 0.212. The van der Waals surface area contributed by atoms with Gasteiger partial charge in [-0.05, 0) is 24.6 Å². The first-order valence-corrected chi connectivity index (χ1v) is 4.94. The molecule has 72 valence electrons. The van der Waals surface area contributed by atoms with E-state index in [2.05, 4.69) is 18.2 Å². The molecule has 0 bridgehead atoms. The van der Waals surface area contributed by atoms with Crippen LogP contribution in [0, 0.1) is 0 Å². The second kappa shape index (κ2) is 4.14. The standard InChI is InChI=1S/C13H14O/c1-2-3-4-8-12-10-11-7-5-6-9-13(11)14-12/h2-9,12H,10H2,1H3/b3-2+,8-4?. The van der Waals surface area contributed by atoms with Crippen LogP contribution in [0.5, 0.6) is 5.75 Å². The fraction of sp³-hybridized carbons (Fsp3) is 0.231. The van der Waals surface area contributed by atoms with Crippen LogP contribution in [0.3, 0.4) is 0 Å². The van der Waals surface area contributed by atoms with E-state index in [1.54, 1.807) is 0 Å². The third-order valence-electron chi connectivity index (χ3n) is 2.30. The highest BCUT2D eigenvalue weighted by molar-refractivity contribution is 5.38. The number of fused-ring (bicyclic) bond motifs is 1. The summed E-state index contributed by atoms with van der Waals surface area (Å²) >= 11 is 0. The van der Waals surface area contributed by atoms with E-state index in [4.69, 9.17) is 4.74 Å². The topological polar surface area (TPSA) is 9.23 Å². The van der Waals surface area contributed by atoms with Crippen molar-refractivity contribution in [2.24, 2.45) is 0 Å². The zero-order valence-corrected chi connectivity index (χ0v) is 8.31. The first kappa shape index (κ1) is 9.07. The maximum Gasteiger partial charge on any atom is 0.123 e. The van der Waals surface area contributed by atoms with Gasteiger partial charge < -0.3 is 4.74 Å². The zero-order chi connectivity index (χ0) is 9.80. The molecule has 0 radical (unpaired) electrons. The van der Waals surface area contributed by atoms with Crippen molar-refractivity contribution in [3.8, 4) is 5.75 Å². The lowest BCUT2D eigenvalue weighted by molar-refractivity contribution is 0.283. The number of rotatable bonds is 2. The van der Waals surface area contributed by atoms with Crippen molar-refractivity contribution in [1.29, 1.82) is 0 Å². The molecule has 0 saturated carbocycles. The Morgan fingerprint density at radius 3 is 2.93 bits per heavy atom. The van der Waals surface area contributed by atoms with Gasteiger partial charge in [-0.25, -0.2) is 0 Å². The molecule has 1 nitrogen and oxygen atoms in total. The smallest absolute Gasteiger partial charge is 0.123 e. The van der Waals surface area contributed by atoms with Gasteiger partial charge in [-0.3, -0.25) is 0 Å². The SMILES string of the molecule is C/C=C/C=CC1Cc2ccccc2O1. The maximum atomic E-state index is 5.73. The Morgan fingerprint density at radius 1 is 1.29 bits per heavy atom. The average molecular weight is 186 g/mol.